The molecule has 5 rings (SSSR count). The number of thiazole rings is 1. The van der Waals surface area contributed by atoms with E-state index >= 15 is 0 Å². The van der Waals surface area contributed by atoms with Crippen molar-refractivity contribution in [3.8, 4) is 11.8 Å². The summed E-state index contributed by atoms with van der Waals surface area (Å²) in [4.78, 5) is 43.2. The van der Waals surface area contributed by atoms with Crippen LogP contribution in [0.4, 0.5) is 5.69 Å². The van der Waals surface area contributed by atoms with Gasteiger partial charge in [0, 0.05) is 17.2 Å². The number of nitro benzene ring substituents is 1. The van der Waals surface area contributed by atoms with E-state index in [1.54, 1.807) is 69.3 Å². The van der Waals surface area contributed by atoms with Crippen molar-refractivity contribution in [3.63, 3.8) is 0 Å². The number of aromatic nitrogens is 1. The van der Waals surface area contributed by atoms with Gasteiger partial charge in [-0.25, -0.2) is 9.79 Å². The number of aryl methyl sites for hydroxylation is 1. The number of esters is 1. The normalized spacial score (nSPS) is 14.4. The van der Waals surface area contributed by atoms with Gasteiger partial charge in [0.2, 0.25) is 0 Å². The first-order valence-electron chi connectivity index (χ1n) is 13.5. The van der Waals surface area contributed by atoms with Gasteiger partial charge in [0.15, 0.2) is 4.80 Å². The molecule has 2 heterocycles. The van der Waals surface area contributed by atoms with E-state index < -0.39 is 22.5 Å². The molecule has 0 spiro atoms. The predicted octanol–water partition coefficient (Wildman–Crippen LogP) is 5.23. The molecule has 1 aliphatic heterocycles. The molecule has 0 radical (unpaired) electrons. The van der Waals surface area contributed by atoms with Gasteiger partial charge in [-0.2, -0.15) is 5.26 Å². The van der Waals surface area contributed by atoms with Crippen molar-refractivity contribution in [2.45, 2.75) is 33.4 Å². The van der Waals surface area contributed by atoms with Crippen LogP contribution in [0.25, 0.3) is 6.08 Å². The molecule has 0 unspecified atom stereocenters. The Hall–Kier alpha value is -4.86. The minimum atomic E-state index is -0.967. The number of hydrogen-bond acceptors (Lipinski definition) is 9. The van der Waals surface area contributed by atoms with Crippen LogP contribution < -0.4 is 19.6 Å². The van der Waals surface area contributed by atoms with Crippen LogP contribution in [0.1, 0.15) is 47.7 Å². The highest BCUT2D eigenvalue weighted by molar-refractivity contribution is 9.10. The second-order valence-electron chi connectivity index (χ2n) is 9.85. The Bertz CT molecular complexity index is 2080. The highest BCUT2D eigenvalue weighted by Gasteiger charge is 2.34. The van der Waals surface area contributed by atoms with Crippen LogP contribution in [0.5, 0.6) is 5.75 Å². The molecule has 222 valence electrons. The molecule has 12 heteroatoms. The lowest BCUT2D eigenvalue weighted by atomic mass is 9.94. The van der Waals surface area contributed by atoms with Crippen LogP contribution in [-0.4, -0.2) is 22.1 Å². The number of nitrogens with zero attached hydrogens (tertiary/aromatic N) is 4. The van der Waals surface area contributed by atoms with E-state index in [0.717, 1.165) is 16.9 Å². The third-order valence-corrected chi connectivity index (χ3v) is 8.64. The molecule has 3 aromatic carbocycles. The van der Waals surface area contributed by atoms with Crippen LogP contribution in [-0.2, 0) is 16.1 Å². The van der Waals surface area contributed by atoms with Crippen LogP contribution in [0.3, 0.4) is 0 Å². The molecule has 44 heavy (non-hydrogen) atoms. The summed E-state index contributed by atoms with van der Waals surface area (Å²) in [6, 6.07) is 18.4. The topological polar surface area (TPSA) is 137 Å². The third kappa shape index (κ3) is 5.97. The van der Waals surface area contributed by atoms with Crippen LogP contribution in [0, 0.1) is 28.4 Å². The van der Waals surface area contributed by atoms with Crippen LogP contribution in [0.2, 0.25) is 0 Å². The number of carbonyl (C=O) groups excluding carboxylic acids is 1. The number of halogens is 1. The third-order valence-electron chi connectivity index (χ3n) is 7.04. The fourth-order valence-electron chi connectivity index (χ4n) is 4.89. The minimum Gasteiger partial charge on any atom is -0.488 e. The number of benzene rings is 3. The Labute approximate surface area is 264 Å². The van der Waals surface area contributed by atoms with Crippen molar-refractivity contribution in [3.05, 3.63) is 134 Å². The van der Waals surface area contributed by atoms with Gasteiger partial charge in [-0.05, 0) is 72.1 Å². The van der Waals surface area contributed by atoms with Gasteiger partial charge in [0.05, 0.1) is 49.5 Å². The van der Waals surface area contributed by atoms with Gasteiger partial charge >= 0.3 is 5.97 Å². The van der Waals surface area contributed by atoms with Gasteiger partial charge in [-0.15, -0.1) is 0 Å². The van der Waals surface area contributed by atoms with Gasteiger partial charge in [-0.1, -0.05) is 47.7 Å². The monoisotopic (exact) mass is 672 g/mol. The molecular formula is C32H25BrN4O6S. The fourth-order valence-corrected chi connectivity index (χ4v) is 6.44. The Morgan fingerprint density at radius 3 is 2.68 bits per heavy atom. The Kier molecular flexibility index (Phi) is 8.89. The van der Waals surface area contributed by atoms with E-state index in [1.165, 1.54) is 10.6 Å². The number of carbonyl (C=O) groups is 1. The minimum absolute atomic E-state index is 0.111. The molecule has 0 N–H and O–H groups in total. The van der Waals surface area contributed by atoms with Crippen molar-refractivity contribution in [2.24, 2.45) is 4.99 Å². The number of rotatable bonds is 8. The van der Waals surface area contributed by atoms with E-state index in [4.69, 9.17) is 9.47 Å². The molecule has 1 aromatic heterocycles. The Morgan fingerprint density at radius 2 is 1.98 bits per heavy atom. The summed E-state index contributed by atoms with van der Waals surface area (Å²) in [6.07, 6.45) is 1.71. The molecule has 4 aromatic rings. The Morgan fingerprint density at radius 1 is 1.20 bits per heavy atom. The molecule has 0 bridgehead atoms. The zero-order valence-corrected chi connectivity index (χ0v) is 26.3. The number of nitriles is 1. The zero-order valence-electron chi connectivity index (χ0n) is 23.9. The van der Waals surface area contributed by atoms with Gasteiger partial charge < -0.3 is 9.47 Å². The lowest BCUT2D eigenvalue weighted by Crippen LogP contribution is -2.40. The summed E-state index contributed by atoms with van der Waals surface area (Å²) in [6.45, 7) is 5.28. The lowest BCUT2D eigenvalue weighted by Gasteiger charge is -2.24. The molecule has 10 nitrogen and oxygen atoms in total. The van der Waals surface area contributed by atoms with Crippen molar-refractivity contribution in [1.82, 2.24) is 4.57 Å². The highest BCUT2D eigenvalue weighted by Crippen LogP contribution is 2.33. The summed E-state index contributed by atoms with van der Waals surface area (Å²) in [5.41, 5.74) is 2.85. The standard InChI is InChI=1S/C32H25BrN4O6S/c1-4-42-31(39)28-19(3)35-32-36(29(28)21-11-9-18(2)25(15-21)37(40)41)30(38)27(44-32)14-20-10-12-26(24(33)13-20)43-17-23-8-6-5-7-22(23)16-34/h5-15,29H,4,17H2,1-3H3/b27-14+/t29-/m0/s1. The molecule has 0 saturated heterocycles. The van der Waals surface area contributed by atoms with Crippen molar-refractivity contribution in [2.75, 3.05) is 6.61 Å². The SMILES string of the molecule is CCOC(=O)C1=C(C)N=c2s/c(=C/c3ccc(OCc4ccccc4C#N)c(Br)c3)c(=O)n2[C@H]1c1ccc(C)c([N+](=O)[O-])c1. The van der Waals surface area contributed by atoms with Crippen LogP contribution >= 0.6 is 27.3 Å². The van der Waals surface area contributed by atoms with Gasteiger partial charge in [0.1, 0.15) is 12.4 Å². The molecule has 0 saturated carbocycles. The van der Waals surface area contributed by atoms with E-state index in [-0.39, 0.29) is 24.5 Å². The molecule has 1 aliphatic rings. The van der Waals surface area contributed by atoms with E-state index in [1.807, 2.05) is 12.1 Å². The number of hydrogen-bond donors (Lipinski definition) is 0. The predicted molar refractivity (Wildman–Crippen MR) is 168 cm³/mol. The van der Waals surface area contributed by atoms with Crippen molar-refractivity contribution in [1.29, 1.82) is 5.26 Å². The van der Waals surface area contributed by atoms with Crippen LogP contribution in [0.15, 0.2) is 86.2 Å². The summed E-state index contributed by atoms with van der Waals surface area (Å²) in [7, 11) is 0. The summed E-state index contributed by atoms with van der Waals surface area (Å²) in [5.74, 6) is -0.0832. The maximum absolute atomic E-state index is 13.9. The molecule has 0 fully saturated rings. The van der Waals surface area contributed by atoms with Gasteiger partial charge in [-0.3, -0.25) is 19.5 Å². The highest BCUT2D eigenvalue weighted by atomic mass is 79.9. The maximum atomic E-state index is 13.9. The number of ether oxygens (including phenoxy) is 2. The molecule has 1 atom stereocenters. The number of allylic oxidation sites excluding steroid dienone is 1. The van der Waals surface area contributed by atoms with E-state index in [0.29, 0.717) is 47.5 Å². The largest absolute Gasteiger partial charge is 0.488 e. The molecule has 0 amide bonds. The smallest absolute Gasteiger partial charge is 0.338 e. The lowest BCUT2D eigenvalue weighted by molar-refractivity contribution is -0.385. The summed E-state index contributed by atoms with van der Waals surface area (Å²) in [5, 5.41) is 21.1. The first kappa shape index (κ1) is 30.6. The number of fused-ring (bicyclic) bond motifs is 1. The van der Waals surface area contributed by atoms with E-state index in [9.17, 15) is 25.0 Å². The van der Waals surface area contributed by atoms with Gasteiger partial charge in [0.25, 0.3) is 11.2 Å². The van der Waals surface area contributed by atoms with Crippen molar-refractivity contribution >= 4 is 45.0 Å². The first-order valence-corrected chi connectivity index (χ1v) is 15.1. The molecular weight excluding hydrogens is 648 g/mol. The first-order chi connectivity index (χ1) is 21.1. The number of nitro groups is 1. The second-order valence-corrected chi connectivity index (χ2v) is 11.7. The quantitative estimate of drug-likeness (QED) is 0.142. The molecule has 0 aliphatic carbocycles. The average molecular weight is 674 g/mol. The second kappa shape index (κ2) is 12.8. The summed E-state index contributed by atoms with van der Waals surface area (Å²) >= 11 is 4.69. The maximum Gasteiger partial charge on any atom is 0.338 e. The zero-order chi connectivity index (χ0) is 31.5. The van der Waals surface area contributed by atoms with Crippen molar-refractivity contribution < 1.29 is 19.2 Å². The van der Waals surface area contributed by atoms with E-state index in [2.05, 4.69) is 27.0 Å². The Balaban J connectivity index is 1.56. The summed E-state index contributed by atoms with van der Waals surface area (Å²) < 4.78 is 13.6. The fraction of sp³-hybridized carbons (Fsp3) is 0.188. The average Bonchev–Trinajstić information content (AvgIpc) is 3.30.